The molecule has 3 aromatic carbocycles. The van der Waals surface area contributed by atoms with Gasteiger partial charge in [0.05, 0.1) is 39.8 Å². The van der Waals surface area contributed by atoms with Gasteiger partial charge in [-0.3, -0.25) is 9.36 Å². The minimum atomic E-state index is -0.645. The molecule has 0 amide bonds. The lowest BCUT2D eigenvalue weighted by Crippen LogP contribution is -2.39. The third kappa shape index (κ3) is 4.98. The summed E-state index contributed by atoms with van der Waals surface area (Å²) < 4.78 is 9.35. The van der Waals surface area contributed by atoms with Gasteiger partial charge in [0.1, 0.15) is 0 Å². The first-order chi connectivity index (χ1) is 19.9. The molecule has 2 aromatic heterocycles. The highest BCUT2D eigenvalue weighted by Gasteiger charge is 2.33. The van der Waals surface area contributed by atoms with Crippen LogP contribution in [-0.4, -0.2) is 26.9 Å². The van der Waals surface area contributed by atoms with E-state index in [2.05, 4.69) is 0 Å². The summed E-state index contributed by atoms with van der Waals surface area (Å²) in [4.78, 5) is 32.5. The summed E-state index contributed by atoms with van der Waals surface area (Å²) in [6.45, 7) is 5.79. The molecule has 0 spiro atoms. The van der Waals surface area contributed by atoms with Crippen molar-refractivity contribution in [1.82, 2.24) is 14.3 Å². The van der Waals surface area contributed by atoms with Crippen LogP contribution in [0.15, 0.2) is 112 Å². The molecule has 0 radical (unpaired) electrons. The molecule has 3 heterocycles. The highest BCUT2D eigenvalue weighted by Crippen LogP contribution is 2.31. The molecule has 0 saturated heterocycles. The molecule has 0 aliphatic carbocycles. The number of aromatic nitrogens is 3. The SMILES string of the molecule is CCOC(=O)C1=C(C)N=c2s/c(=C/c3cn(-c4ccccc4)nc3-c3ccccc3)c(=O)n2C1c1ccc(C)cc1. The third-order valence-electron chi connectivity index (χ3n) is 7.01. The van der Waals surface area contributed by atoms with Crippen molar-refractivity contribution in [2.24, 2.45) is 4.99 Å². The highest BCUT2D eigenvalue weighted by atomic mass is 32.1. The van der Waals surface area contributed by atoms with Gasteiger partial charge in [-0.05, 0) is 44.5 Å². The number of aryl methyl sites for hydroxylation is 1. The van der Waals surface area contributed by atoms with Crippen LogP contribution in [0.1, 0.15) is 36.6 Å². The second-order valence-electron chi connectivity index (χ2n) is 9.79. The zero-order chi connectivity index (χ0) is 28.5. The van der Waals surface area contributed by atoms with E-state index in [4.69, 9.17) is 14.8 Å². The maximum Gasteiger partial charge on any atom is 0.338 e. The predicted octanol–water partition coefficient (Wildman–Crippen LogP) is 4.96. The van der Waals surface area contributed by atoms with E-state index in [1.807, 2.05) is 109 Å². The smallest absolute Gasteiger partial charge is 0.338 e. The normalized spacial score (nSPS) is 15.0. The zero-order valence-corrected chi connectivity index (χ0v) is 23.8. The summed E-state index contributed by atoms with van der Waals surface area (Å²) in [6, 6.07) is 27.0. The number of allylic oxidation sites excluding steroid dienone is 1. The first-order valence-electron chi connectivity index (χ1n) is 13.4. The molecule has 0 saturated carbocycles. The number of benzene rings is 3. The number of esters is 1. The Hall–Kier alpha value is -4.82. The largest absolute Gasteiger partial charge is 0.463 e. The molecule has 1 atom stereocenters. The Labute approximate surface area is 241 Å². The summed E-state index contributed by atoms with van der Waals surface area (Å²) in [6.07, 6.45) is 3.80. The molecule has 0 bridgehead atoms. The third-order valence-corrected chi connectivity index (χ3v) is 7.99. The first kappa shape index (κ1) is 26.4. The monoisotopic (exact) mass is 560 g/mol. The molecule has 8 heteroatoms. The average molecular weight is 561 g/mol. The standard InChI is InChI=1S/C33H28N4O3S/c1-4-40-32(39)28-22(3)34-33-37(30(28)24-17-15-21(2)16-18-24)31(38)27(41-33)19-25-20-36(26-13-9-6-10-14-26)35-29(25)23-11-7-5-8-12-23/h5-20,30H,4H2,1-3H3/b27-19+. The Morgan fingerprint density at radius 1 is 0.976 bits per heavy atom. The van der Waals surface area contributed by atoms with Crippen LogP contribution < -0.4 is 14.9 Å². The summed E-state index contributed by atoms with van der Waals surface area (Å²) in [5, 5.41) is 4.89. The Morgan fingerprint density at radius 3 is 2.34 bits per heavy atom. The van der Waals surface area contributed by atoms with E-state index in [9.17, 15) is 9.59 Å². The number of hydrogen-bond acceptors (Lipinski definition) is 6. The molecule has 0 N–H and O–H groups in total. The van der Waals surface area contributed by atoms with Crippen LogP contribution in [0.25, 0.3) is 23.0 Å². The van der Waals surface area contributed by atoms with E-state index in [0.29, 0.717) is 20.6 Å². The molecule has 7 nitrogen and oxygen atoms in total. The van der Waals surface area contributed by atoms with E-state index in [1.54, 1.807) is 18.4 Å². The summed E-state index contributed by atoms with van der Waals surface area (Å²) in [7, 11) is 0. The highest BCUT2D eigenvalue weighted by molar-refractivity contribution is 7.07. The van der Waals surface area contributed by atoms with Crippen LogP contribution in [0.4, 0.5) is 0 Å². The van der Waals surface area contributed by atoms with Gasteiger partial charge in [-0.15, -0.1) is 0 Å². The van der Waals surface area contributed by atoms with Crippen molar-refractivity contribution < 1.29 is 9.53 Å². The summed E-state index contributed by atoms with van der Waals surface area (Å²) >= 11 is 1.30. The lowest BCUT2D eigenvalue weighted by atomic mass is 9.95. The van der Waals surface area contributed by atoms with Crippen molar-refractivity contribution in [3.05, 3.63) is 139 Å². The Balaban J connectivity index is 1.56. The molecule has 5 aromatic rings. The molecule has 0 fully saturated rings. The van der Waals surface area contributed by atoms with Gasteiger partial charge in [0.2, 0.25) is 0 Å². The van der Waals surface area contributed by atoms with Gasteiger partial charge in [-0.2, -0.15) is 5.10 Å². The van der Waals surface area contributed by atoms with Crippen molar-refractivity contribution in [1.29, 1.82) is 0 Å². The maximum atomic E-state index is 14.1. The van der Waals surface area contributed by atoms with Gasteiger partial charge >= 0.3 is 5.97 Å². The minimum Gasteiger partial charge on any atom is -0.463 e. The second kappa shape index (κ2) is 11.0. The minimum absolute atomic E-state index is 0.222. The number of thiazole rings is 1. The molecule has 1 aliphatic rings. The van der Waals surface area contributed by atoms with Crippen molar-refractivity contribution in [3.63, 3.8) is 0 Å². The molecular weight excluding hydrogens is 532 g/mol. The van der Waals surface area contributed by atoms with Crippen molar-refractivity contribution in [2.45, 2.75) is 26.8 Å². The van der Waals surface area contributed by atoms with E-state index < -0.39 is 12.0 Å². The fourth-order valence-electron chi connectivity index (χ4n) is 5.02. The van der Waals surface area contributed by atoms with Gasteiger partial charge in [0.25, 0.3) is 5.56 Å². The number of para-hydroxylation sites is 1. The number of carbonyl (C=O) groups is 1. The van der Waals surface area contributed by atoms with Gasteiger partial charge in [0, 0.05) is 17.3 Å². The summed E-state index contributed by atoms with van der Waals surface area (Å²) in [5.74, 6) is -0.468. The van der Waals surface area contributed by atoms with Crippen molar-refractivity contribution in [2.75, 3.05) is 6.61 Å². The maximum absolute atomic E-state index is 14.1. The average Bonchev–Trinajstić information content (AvgIpc) is 3.54. The first-order valence-corrected chi connectivity index (χ1v) is 14.2. The molecular formula is C33H28N4O3S. The zero-order valence-electron chi connectivity index (χ0n) is 22.9. The van der Waals surface area contributed by atoms with Crippen LogP contribution in [0.2, 0.25) is 0 Å². The number of rotatable bonds is 6. The molecule has 1 unspecified atom stereocenters. The Kier molecular flexibility index (Phi) is 7.07. The summed E-state index contributed by atoms with van der Waals surface area (Å²) in [5.41, 5.74) is 6.03. The van der Waals surface area contributed by atoms with Crippen molar-refractivity contribution >= 4 is 23.4 Å². The van der Waals surface area contributed by atoms with Gasteiger partial charge in [0.15, 0.2) is 4.80 Å². The van der Waals surface area contributed by atoms with E-state index in [1.165, 1.54) is 11.3 Å². The molecule has 6 rings (SSSR count). The lowest BCUT2D eigenvalue weighted by molar-refractivity contribution is -0.139. The van der Waals surface area contributed by atoms with E-state index >= 15 is 0 Å². The van der Waals surface area contributed by atoms with Crippen molar-refractivity contribution in [3.8, 4) is 16.9 Å². The molecule has 1 aliphatic heterocycles. The number of nitrogens with zero attached hydrogens (tertiary/aromatic N) is 4. The number of carbonyl (C=O) groups excluding carboxylic acids is 1. The van der Waals surface area contributed by atoms with Gasteiger partial charge < -0.3 is 4.74 Å². The Bertz CT molecular complexity index is 1950. The van der Waals surface area contributed by atoms with Gasteiger partial charge in [-0.1, -0.05) is 89.7 Å². The molecule has 204 valence electrons. The topological polar surface area (TPSA) is 78.5 Å². The van der Waals surface area contributed by atoms with Crippen LogP contribution in [0.3, 0.4) is 0 Å². The predicted molar refractivity (Wildman–Crippen MR) is 161 cm³/mol. The van der Waals surface area contributed by atoms with Crippen LogP contribution in [0, 0.1) is 6.92 Å². The van der Waals surface area contributed by atoms with Crippen LogP contribution in [0.5, 0.6) is 0 Å². The lowest BCUT2D eigenvalue weighted by Gasteiger charge is -2.24. The fourth-order valence-corrected chi connectivity index (χ4v) is 6.06. The van der Waals surface area contributed by atoms with Crippen LogP contribution >= 0.6 is 11.3 Å². The Morgan fingerprint density at radius 2 is 1.66 bits per heavy atom. The van der Waals surface area contributed by atoms with E-state index in [-0.39, 0.29) is 12.2 Å². The number of hydrogen-bond donors (Lipinski definition) is 0. The number of fused-ring (bicyclic) bond motifs is 1. The van der Waals surface area contributed by atoms with Gasteiger partial charge in [-0.25, -0.2) is 14.5 Å². The van der Waals surface area contributed by atoms with E-state index in [0.717, 1.165) is 33.6 Å². The quantitative estimate of drug-likeness (QED) is 0.275. The molecule has 41 heavy (non-hydrogen) atoms. The fraction of sp³-hybridized carbons (Fsp3) is 0.152. The second-order valence-corrected chi connectivity index (χ2v) is 10.8. The van der Waals surface area contributed by atoms with Crippen LogP contribution in [-0.2, 0) is 9.53 Å². The number of ether oxygens (including phenoxy) is 1.